The lowest BCUT2D eigenvalue weighted by Gasteiger charge is -2.20. The Labute approximate surface area is 105 Å². The Morgan fingerprint density at radius 3 is 2.76 bits per heavy atom. The number of nitrogens with zero attached hydrogens (tertiary/aromatic N) is 1. The molecule has 0 bridgehead atoms. The Balaban J connectivity index is 2.11. The summed E-state index contributed by atoms with van der Waals surface area (Å²) in [4.78, 5) is 4.65. The molecule has 2 nitrogen and oxygen atoms in total. The van der Waals surface area contributed by atoms with Crippen LogP contribution in [-0.2, 0) is 0 Å². The van der Waals surface area contributed by atoms with Gasteiger partial charge >= 0.3 is 0 Å². The number of rotatable bonds is 6. The topological polar surface area (TPSA) is 24.9 Å². The molecule has 0 spiro atoms. The van der Waals surface area contributed by atoms with Gasteiger partial charge < -0.3 is 5.32 Å². The van der Waals surface area contributed by atoms with Crippen molar-refractivity contribution < 1.29 is 0 Å². The van der Waals surface area contributed by atoms with Gasteiger partial charge in [-0.05, 0) is 50.3 Å². The minimum atomic E-state index is 0.461. The molecular weight excluding hydrogens is 208 g/mol. The Kier molecular flexibility index (Phi) is 4.16. The van der Waals surface area contributed by atoms with Crippen molar-refractivity contribution in [3.63, 3.8) is 0 Å². The van der Waals surface area contributed by atoms with Crippen molar-refractivity contribution in [2.24, 2.45) is 5.92 Å². The molecule has 1 atom stereocenters. The largest absolute Gasteiger partial charge is 0.309 e. The second-order valence-corrected chi connectivity index (χ2v) is 5.40. The molecule has 0 aromatic carbocycles. The Morgan fingerprint density at radius 1 is 1.41 bits per heavy atom. The van der Waals surface area contributed by atoms with Crippen LogP contribution in [0.5, 0.6) is 0 Å². The molecule has 1 aromatic heterocycles. The Morgan fingerprint density at radius 2 is 2.18 bits per heavy atom. The third-order valence-corrected chi connectivity index (χ3v) is 3.49. The molecule has 2 rings (SSSR count). The SMILES string of the molecule is CCCNC(CC1CC1)c1ncc(C)cc1C. The van der Waals surface area contributed by atoms with Crippen molar-refractivity contribution in [2.75, 3.05) is 6.54 Å². The van der Waals surface area contributed by atoms with Crippen molar-refractivity contribution in [1.29, 1.82) is 0 Å². The highest BCUT2D eigenvalue weighted by atomic mass is 14.9. The number of nitrogens with one attached hydrogen (secondary N) is 1. The predicted octanol–water partition coefficient (Wildman–Crippen LogP) is 3.54. The van der Waals surface area contributed by atoms with Crippen molar-refractivity contribution >= 4 is 0 Å². The third-order valence-electron chi connectivity index (χ3n) is 3.49. The summed E-state index contributed by atoms with van der Waals surface area (Å²) in [6, 6.07) is 2.71. The Hall–Kier alpha value is -0.890. The van der Waals surface area contributed by atoms with Crippen LogP contribution in [0.1, 0.15) is 55.5 Å². The Bertz CT molecular complexity index is 369. The molecular formula is C15H24N2. The molecule has 94 valence electrons. The van der Waals surface area contributed by atoms with Crippen molar-refractivity contribution in [2.45, 2.75) is 52.5 Å². The summed E-state index contributed by atoms with van der Waals surface area (Å²) in [5.41, 5.74) is 3.85. The van der Waals surface area contributed by atoms with Crippen LogP contribution in [0.3, 0.4) is 0 Å². The number of hydrogen-bond donors (Lipinski definition) is 1. The monoisotopic (exact) mass is 232 g/mol. The van der Waals surface area contributed by atoms with Gasteiger partial charge in [-0.2, -0.15) is 0 Å². The first-order chi connectivity index (χ1) is 8.20. The molecule has 0 saturated heterocycles. The fraction of sp³-hybridized carbons (Fsp3) is 0.667. The molecule has 0 radical (unpaired) electrons. The normalized spacial score (nSPS) is 17.1. The van der Waals surface area contributed by atoms with Crippen molar-refractivity contribution in [3.8, 4) is 0 Å². The minimum absolute atomic E-state index is 0.461. The molecule has 17 heavy (non-hydrogen) atoms. The molecule has 1 aromatic rings. The van der Waals surface area contributed by atoms with Gasteiger partial charge in [-0.3, -0.25) is 4.98 Å². The van der Waals surface area contributed by atoms with Crippen LogP contribution in [0.4, 0.5) is 0 Å². The second-order valence-electron chi connectivity index (χ2n) is 5.40. The minimum Gasteiger partial charge on any atom is -0.309 e. The summed E-state index contributed by atoms with van der Waals surface area (Å²) in [6.07, 6.45) is 7.27. The van der Waals surface area contributed by atoms with E-state index in [-0.39, 0.29) is 0 Å². The maximum absolute atomic E-state index is 4.65. The summed E-state index contributed by atoms with van der Waals surface area (Å²) >= 11 is 0. The van der Waals surface area contributed by atoms with E-state index < -0.39 is 0 Å². The molecule has 0 amide bonds. The van der Waals surface area contributed by atoms with Gasteiger partial charge in [0, 0.05) is 6.20 Å². The molecule has 1 fully saturated rings. The first kappa shape index (κ1) is 12.6. The highest BCUT2D eigenvalue weighted by Gasteiger charge is 2.27. The molecule has 1 saturated carbocycles. The first-order valence-corrected chi connectivity index (χ1v) is 6.87. The third kappa shape index (κ3) is 3.53. The summed E-state index contributed by atoms with van der Waals surface area (Å²) < 4.78 is 0. The average Bonchev–Trinajstić information content (AvgIpc) is 3.08. The molecule has 1 N–H and O–H groups in total. The fourth-order valence-corrected chi connectivity index (χ4v) is 2.39. The van der Waals surface area contributed by atoms with Crippen LogP contribution in [-0.4, -0.2) is 11.5 Å². The van der Waals surface area contributed by atoms with E-state index in [2.05, 4.69) is 37.1 Å². The van der Waals surface area contributed by atoms with Gasteiger partial charge in [0.15, 0.2) is 0 Å². The van der Waals surface area contributed by atoms with Gasteiger partial charge in [-0.15, -0.1) is 0 Å². The molecule has 0 aliphatic heterocycles. The highest BCUT2D eigenvalue weighted by Crippen LogP contribution is 2.37. The van der Waals surface area contributed by atoms with E-state index in [0.717, 1.165) is 12.5 Å². The number of aromatic nitrogens is 1. The van der Waals surface area contributed by atoms with E-state index in [1.807, 2.05) is 6.20 Å². The molecule has 2 heteroatoms. The van der Waals surface area contributed by atoms with Gasteiger partial charge in [0.05, 0.1) is 11.7 Å². The maximum atomic E-state index is 4.65. The average molecular weight is 232 g/mol. The van der Waals surface area contributed by atoms with Crippen molar-refractivity contribution in [1.82, 2.24) is 10.3 Å². The van der Waals surface area contributed by atoms with Crippen LogP contribution < -0.4 is 5.32 Å². The zero-order valence-electron chi connectivity index (χ0n) is 11.3. The van der Waals surface area contributed by atoms with Crippen molar-refractivity contribution in [3.05, 3.63) is 29.1 Å². The smallest absolute Gasteiger partial charge is 0.0602 e. The van der Waals surface area contributed by atoms with Crippen LogP contribution in [0.2, 0.25) is 0 Å². The molecule has 1 unspecified atom stereocenters. The maximum Gasteiger partial charge on any atom is 0.0602 e. The lowest BCUT2D eigenvalue weighted by atomic mass is 10.0. The summed E-state index contributed by atoms with van der Waals surface area (Å²) in [6.45, 7) is 7.60. The van der Waals surface area contributed by atoms with E-state index in [4.69, 9.17) is 0 Å². The standard InChI is InChI=1S/C15H24N2/c1-4-7-16-14(9-13-5-6-13)15-12(3)8-11(2)10-17-15/h8,10,13-14,16H,4-7,9H2,1-3H3. The van der Waals surface area contributed by atoms with E-state index >= 15 is 0 Å². The predicted molar refractivity (Wildman–Crippen MR) is 72.1 cm³/mol. The van der Waals surface area contributed by atoms with Gasteiger partial charge in [0.25, 0.3) is 0 Å². The zero-order chi connectivity index (χ0) is 12.3. The molecule has 1 aliphatic carbocycles. The molecule has 1 aliphatic rings. The fourth-order valence-electron chi connectivity index (χ4n) is 2.39. The van der Waals surface area contributed by atoms with E-state index in [0.29, 0.717) is 6.04 Å². The lowest BCUT2D eigenvalue weighted by Crippen LogP contribution is -2.24. The zero-order valence-corrected chi connectivity index (χ0v) is 11.3. The van der Waals surface area contributed by atoms with Crippen LogP contribution in [0.15, 0.2) is 12.3 Å². The lowest BCUT2D eigenvalue weighted by molar-refractivity contribution is 0.462. The molecule has 1 heterocycles. The summed E-state index contributed by atoms with van der Waals surface area (Å²) in [5, 5.41) is 3.65. The first-order valence-electron chi connectivity index (χ1n) is 6.87. The highest BCUT2D eigenvalue weighted by molar-refractivity contribution is 5.25. The van der Waals surface area contributed by atoms with Gasteiger partial charge in [-0.25, -0.2) is 0 Å². The van der Waals surface area contributed by atoms with Crippen LogP contribution in [0.25, 0.3) is 0 Å². The van der Waals surface area contributed by atoms with Gasteiger partial charge in [0.2, 0.25) is 0 Å². The quantitative estimate of drug-likeness (QED) is 0.811. The van der Waals surface area contributed by atoms with E-state index in [9.17, 15) is 0 Å². The van der Waals surface area contributed by atoms with Crippen LogP contribution >= 0.6 is 0 Å². The van der Waals surface area contributed by atoms with E-state index in [1.165, 1.54) is 42.5 Å². The second kappa shape index (κ2) is 5.63. The number of pyridine rings is 1. The number of aryl methyl sites for hydroxylation is 2. The summed E-state index contributed by atoms with van der Waals surface area (Å²) in [7, 11) is 0. The number of hydrogen-bond acceptors (Lipinski definition) is 2. The van der Waals surface area contributed by atoms with Gasteiger partial charge in [-0.1, -0.05) is 25.8 Å². The van der Waals surface area contributed by atoms with E-state index in [1.54, 1.807) is 0 Å². The van der Waals surface area contributed by atoms with Crippen LogP contribution in [0, 0.1) is 19.8 Å². The van der Waals surface area contributed by atoms with Gasteiger partial charge in [0.1, 0.15) is 0 Å². The summed E-state index contributed by atoms with van der Waals surface area (Å²) in [5.74, 6) is 0.937.